The summed E-state index contributed by atoms with van der Waals surface area (Å²) in [6.07, 6.45) is 1.53. The van der Waals surface area contributed by atoms with E-state index in [-0.39, 0.29) is 16.8 Å². The van der Waals surface area contributed by atoms with Crippen molar-refractivity contribution in [1.29, 1.82) is 0 Å². The minimum absolute atomic E-state index is 0.180. The van der Waals surface area contributed by atoms with Gasteiger partial charge in [-0.1, -0.05) is 60.7 Å². The number of benzene rings is 2. The number of fused-ring (bicyclic) bond motifs is 1. The molecule has 0 bridgehead atoms. The second-order valence-electron chi connectivity index (χ2n) is 5.85. The zero-order chi connectivity index (χ0) is 17.4. The van der Waals surface area contributed by atoms with Crippen molar-refractivity contribution >= 4 is 27.3 Å². The highest BCUT2D eigenvalue weighted by molar-refractivity contribution is 7.22. The second-order valence-corrected chi connectivity index (χ2v) is 6.87. The van der Waals surface area contributed by atoms with Crippen LogP contribution >= 0.6 is 11.3 Å². The Morgan fingerprint density at radius 3 is 2.28 bits per heavy atom. The molecule has 122 valence electrons. The summed E-state index contributed by atoms with van der Waals surface area (Å²) in [4.78, 5) is 30.6. The lowest BCUT2D eigenvalue weighted by atomic mass is 10.0. The lowest BCUT2D eigenvalue weighted by Crippen LogP contribution is -2.16. The largest absolute Gasteiger partial charge is 0.352 e. The van der Waals surface area contributed by atoms with Crippen LogP contribution in [0.3, 0.4) is 0 Å². The molecule has 0 aliphatic rings. The first-order valence-electron chi connectivity index (χ1n) is 7.97. The summed E-state index contributed by atoms with van der Waals surface area (Å²) in [5, 5.41) is 0.602. The summed E-state index contributed by atoms with van der Waals surface area (Å²) in [6, 6.07) is 18.9. The van der Waals surface area contributed by atoms with E-state index in [4.69, 9.17) is 0 Å². The minimum Gasteiger partial charge on any atom is -0.352 e. The molecule has 25 heavy (non-hydrogen) atoms. The molecule has 2 aromatic carbocycles. The third kappa shape index (κ3) is 2.61. The lowest BCUT2D eigenvalue weighted by Gasteiger charge is -2.01. The normalized spacial score (nSPS) is 10.9. The Morgan fingerprint density at radius 1 is 0.960 bits per heavy atom. The van der Waals surface area contributed by atoms with Crippen LogP contribution in [0.5, 0.6) is 0 Å². The van der Waals surface area contributed by atoms with Gasteiger partial charge in [0.05, 0.1) is 10.9 Å². The van der Waals surface area contributed by atoms with Crippen LogP contribution in [-0.2, 0) is 0 Å². The Bertz CT molecular complexity index is 1130. The summed E-state index contributed by atoms with van der Waals surface area (Å²) in [5.74, 6) is -0.254. The number of aromatic amines is 1. The number of aryl methyl sites for hydroxylation is 1. The average molecular weight is 345 g/mol. The molecular formula is C21H15NO2S. The Morgan fingerprint density at radius 2 is 1.60 bits per heavy atom. The molecule has 3 nitrogen and oxygen atoms in total. The first-order valence-corrected chi connectivity index (χ1v) is 8.78. The van der Waals surface area contributed by atoms with Crippen LogP contribution in [0.1, 0.15) is 21.5 Å². The van der Waals surface area contributed by atoms with E-state index >= 15 is 0 Å². The number of ketones is 1. The molecule has 0 radical (unpaired) electrons. The van der Waals surface area contributed by atoms with Gasteiger partial charge in [0.25, 0.3) is 0 Å². The molecule has 0 aliphatic heterocycles. The molecule has 0 spiro atoms. The van der Waals surface area contributed by atoms with Crippen LogP contribution in [-0.4, -0.2) is 10.8 Å². The summed E-state index contributed by atoms with van der Waals surface area (Å²) >= 11 is 1.54. The highest BCUT2D eigenvalue weighted by Crippen LogP contribution is 2.35. The smallest absolute Gasteiger partial charge is 0.201 e. The number of hydrogen-bond acceptors (Lipinski definition) is 3. The first-order chi connectivity index (χ1) is 12.2. The van der Waals surface area contributed by atoms with Crippen LogP contribution in [0, 0.1) is 6.92 Å². The molecule has 0 unspecified atom stereocenters. The molecule has 0 amide bonds. The summed E-state index contributed by atoms with van der Waals surface area (Å²) in [5.41, 5.74) is 2.47. The molecule has 1 N–H and O–H groups in total. The van der Waals surface area contributed by atoms with Crippen molar-refractivity contribution in [2.24, 2.45) is 0 Å². The monoisotopic (exact) mass is 345 g/mol. The van der Waals surface area contributed by atoms with E-state index in [9.17, 15) is 9.59 Å². The van der Waals surface area contributed by atoms with Crippen molar-refractivity contribution in [3.63, 3.8) is 0 Å². The van der Waals surface area contributed by atoms with Crippen molar-refractivity contribution < 1.29 is 4.79 Å². The van der Waals surface area contributed by atoms with Crippen LogP contribution in [0.4, 0.5) is 0 Å². The molecule has 4 heteroatoms. The molecule has 0 fully saturated rings. The van der Waals surface area contributed by atoms with Gasteiger partial charge in [0, 0.05) is 16.6 Å². The average Bonchev–Trinajstić information content (AvgIpc) is 3.00. The number of nitrogens with one attached hydrogen (secondary N) is 1. The number of rotatable bonds is 3. The van der Waals surface area contributed by atoms with Gasteiger partial charge in [0.15, 0.2) is 5.78 Å². The van der Waals surface area contributed by atoms with E-state index in [0.29, 0.717) is 10.9 Å². The predicted molar refractivity (Wildman–Crippen MR) is 102 cm³/mol. The van der Waals surface area contributed by atoms with Gasteiger partial charge in [-0.25, -0.2) is 0 Å². The minimum atomic E-state index is -0.254. The standard InChI is InChI=1S/C21H15NO2S/c1-13-17-19(24)16(18(23)14-8-4-2-5-9-14)12-22-21(17)25-20(13)15-10-6-3-7-11-15/h2-12H,1H3,(H,22,24). The molecule has 0 atom stereocenters. The Kier molecular flexibility index (Phi) is 3.82. The molecule has 4 aromatic rings. The molecule has 4 rings (SSSR count). The number of thiophene rings is 1. The van der Waals surface area contributed by atoms with Gasteiger partial charge < -0.3 is 4.98 Å². The maximum atomic E-state index is 13.0. The topological polar surface area (TPSA) is 49.9 Å². The van der Waals surface area contributed by atoms with Gasteiger partial charge in [0.2, 0.25) is 5.43 Å². The number of aromatic nitrogens is 1. The highest BCUT2D eigenvalue weighted by atomic mass is 32.1. The third-order valence-electron chi connectivity index (χ3n) is 4.28. The SMILES string of the molecule is Cc1c(-c2ccccc2)sc2[nH]cc(C(=O)c3ccccc3)c(=O)c12. The number of H-pyrrole nitrogens is 1. The molecule has 0 saturated carbocycles. The Hall–Kier alpha value is -2.98. The van der Waals surface area contributed by atoms with Crippen LogP contribution in [0.15, 0.2) is 71.7 Å². The lowest BCUT2D eigenvalue weighted by molar-refractivity contribution is 0.103. The third-order valence-corrected chi connectivity index (χ3v) is 5.55. The van der Waals surface area contributed by atoms with E-state index in [1.807, 2.05) is 43.3 Å². The van der Waals surface area contributed by atoms with E-state index in [0.717, 1.165) is 20.8 Å². The second kappa shape index (κ2) is 6.15. The molecule has 0 aliphatic carbocycles. The number of carbonyl (C=O) groups is 1. The van der Waals surface area contributed by atoms with Crippen molar-refractivity contribution in [3.05, 3.63) is 93.8 Å². The number of carbonyl (C=O) groups excluding carboxylic acids is 1. The van der Waals surface area contributed by atoms with Gasteiger partial charge in [0.1, 0.15) is 4.83 Å². The molecule has 0 saturated heterocycles. The molecular weight excluding hydrogens is 330 g/mol. The van der Waals surface area contributed by atoms with Crippen molar-refractivity contribution in [2.75, 3.05) is 0 Å². The van der Waals surface area contributed by atoms with E-state index in [1.165, 1.54) is 6.20 Å². The van der Waals surface area contributed by atoms with Gasteiger partial charge in [-0.05, 0) is 18.1 Å². The van der Waals surface area contributed by atoms with Gasteiger partial charge >= 0.3 is 0 Å². The maximum absolute atomic E-state index is 13.0. The van der Waals surface area contributed by atoms with E-state index in [1.54, 1.807) is 35.6 Å². The number of hydrogen-bond donors (Lipinski definition) is 1. The number of pyridine rings is 1. The van der Waals surface area contributed by atoms with E-state index in [2.05, 4.69) is 4.98 Å². The van der Waals surface area contributed by atoms with Gasteiger partial charge in [-0.15, -0.1) is 11.3 Å². The fourth-order valence-electron chi connectivity index (χ4n) is 3.01. The zero-order valence-corrected chi connectivity index (χ0v) is 14.4. The summed E-state index contributed by atoms with van der Waals surface area (Å²) in [7, 11) is 0. The van der Waals surface area contributed by atoms with Crippen LogP contribution in [0.2, 0.25) is 0 Å². The van der Waals surface area contributed by atoms with Crippen molar-refractivity contribution in [3.8, 4) is 10.4 Å². The summed E-state index contributed by atoms with van der Waals surface area (Å²) < 4.78 is 0. The molecule has 2 aromatic heterocycles. The predicted octanol–water partition coefficient (Wildman–Crippen LogP) is 4.80. The maximum Gasteiger partial charge on any atom is 0.201 e. The van der Waals surface area contributed by atoms with Gasteiger partial charge in [-0.3, -0.25) is 9.59 Å². The van der Waals surface area contributed by atoms with E-state index < -0.39 is 0 Å². The Labute approximate surface area is 148 Å². The summed E-state index contributed by atoms with van der Waals surface area (Å²) in [6.45, 7) is 1.94. The van der Waals surface area contributed by atoms with Crippen LogP contribution < -0.4 is 5.43 Å². The van der Waals surface area contributed by atoms with Crippen LogP contribution in [0.25, 0.3) is 20.7 Å². The van der Waals surface area contributed by atoms with Gasteiger partial charge in [-0.2, -0.15) is 0 Å². The molecule has 2 heterocycles. The van der Waals surface area contributed by atoms with Crippen molar-refractivity contribution in [1.82, 2.24) is 4.98 Å². The Balaban J connectivity index is 1.91. The highest BCUT2D eigenvalue weighted by Gasteiger charge is 2.19. The first kappa shape index (κ1) is 15.5. The van der Waals surface area contributed by atoms with Crippen molar-refractivity contribution in [2.45, 2.75) is 6.92 Å². The fraction of sp³-hybridized carbons (Fsp3) is 0.0476. The fourth-order valence-corrected chi connectivity index (χ4v) is 4.18. The zero-order valence-electron chi connectivity index (χ0n) is 13.6. The quantitative estimate of drug-likeness (QED) is 0.542.